The Bertz CT molecular complexity index is 426. The molecular formula is C19H37N3O3. The second-order valence-corrected chi connectivity index (χ2v) is 6.91. The molecule has 0 aliphatic rings. The Hall–Kier alpha value is -1.40. The van der Waals surface area contributed by atoms with Crippen LogP contribution in [0.3, 0.4) is 0 Å². The number of amides is 2. The molecule has 0 saturated carbocycles. The third kappa shape index (κ3) is 7.16. The molecule has 2 N–H and O–H groups in total. The highest BCUT2D eigenvalue weighted by Gasteiger charge is 2.32. The van der Waals surface area contributed by atoms with E-state index in [1.54, 1.807) is 26.1 Å². The van der Waals surface area contributed by atoms with Gasteiger partial charge < -0.3 is 20.3 Å². The van der Waals surface area contributed by atoms with Crippen molar-refractivity contribution in [3.05, 3.63) is 12.7 Å². The quantitative estimate of drug-likeness (QED) is 0.524. The molecule has 0 aromatic carbocycles. The summed E-state index contributed by atoms with van der Waals surface area (Å²) in [7, 11) is 5.18. The number of hydrogen-bond donors (Lipinski definition) is 2. The Balaban J connectivity index is 5.00. The highest BCUT2D eigenvalue weighted by atomic mass is 16.5. The van der Waals surface area contributed by atoms with E-state index >= 15 is 0 Å². The van der Waals surface area contributed by atoms with Gasteiger partial charge in [-0.15, -0.1) is 6.58 Å². The van der Waals surface area contributed by atoms with Crippen LogP contribution in [-0.2, 0) is 14.3 Å². The van der Waals surface area contributed by atoms with Crippen molar-refractivity contribution in [3.8, 4) is 0 Å². The van der Waals surface area contributed by atoms with Crippen molar-refractivity contribution in [2.45, 2.75) is 58.7 Å². The van der Waals surface area contributed by atoms with Crippen molar-refractivity contribution in [1.29, 1.82) is 0 Å². The first-order valence-electron chi connectivity index (χ1n) is 9.09. The summed E-state index contributed by atoms with van der Waals surface area (Å²) in [6.45, 7) is 11.9. The lowest BCUT2D eigenvalue weighted by Crippen LogP contribution is -2.53. The second kappa shape index (κ2) is 12.0. The summed E-state index contributed by atoms with van der Waals surface area (Å²) in [5.74, 6) is 0.142. The van der Waals surface area contributed by atoms with Crippen LogP contribution in [0.1, 0.15) is 40.5 Å². The highest BCUT2D eigenvalue weighted by Crippen LogP contribution is 2.21. The molecule has 0 radical (unpaired) electrons. The molecule has 4 unspecified atom stereocenters. The van der Waals surface area contributed by atoms with Crippen molar-refractivity contribution in [3.63, 3.8) is 0 Å². The van der Waals surface area contributed by atoms with E-state index in [2.05, 4.69) is 31.1 Å². The number of nitrogens with zero attached hydrogens (tertiary/aromatic N) is 1. The molecule has 0 rings (SSSR count). The van der Waals surface area contributed by atoms with Crippen LogP contribution >= 0.6 is 0 Å². The predicted molar refractivity (Wildman–Crippen MR) is 102 cm³/mol. The largest absolute Gasteiger partial charge is 0.379 e. The van der Waals surface area contributed by atoms with Gasteiger partial charge in [0.1, 0.15) is 0 Å². The van der Waals surface area contributed by atoms with E-state index in [9.17, 15) is 9.59 Å². The molecule has 146 valence electrons. The fourth-order valence-electron chi connectivity index (χ4n) is 3.11. The zero-order valence-electron chi connectivity index (χ0n) is 17.0. The number of hydrogen-bond acceptors (Lipinski definition) is 4. The van der Waals surface area contributed by atoms with Crippen LogP contribution in [0.2, 0.25) is 0 Å². The number of carbonyl (C=O) groups is 2. The van der Waals surface area contributed by atoms with Gasteiger partial charge in [-0.05, 0) is 25.3 Å². The second-order valence-electron chi connectivity index (χ2n) is 6.91. The number of methoxy groups -OCH3 is 1. The topological polar surface area (TPSA) is 70.7 Å². The van der Waals surface area contributed by atoms with Crippen molar-refractivity contribution < 1.29 is 14.3 Å². The minimum absolute atomic E-state index is 0.0162. The summed E-state index contributed by atoms with van der Waals surface area (Å²) in [5.41, 5.74) is 0. The van der Waals surface area contributed by atoms with Crippen molar-refractivity contribution in [2.75, 3.05) is 27.7 Å². The zero-order chi connectivity index (χ0) is 19.6. The van der Waals surface area contributed by atoms with E-state index in [-0.39, 0.29) is 48.4 Å². The average Bonchev–Trinajstić information content (AvgIpc) is 2.58. The van der Waals surface area contributed by atoms with Gasteiger partial charge in [-0.25, -0.2) is 0 Å². The Morgan fingerprint density at radius 1 is 1.28 bits per heavy atom. The number of carbonyl (C=O) groups excluding carboxylic acids is 2. The Morgan fingerprint density at radius 3 is 2.28 bits per heavy atom. The van der Waals surface area contributed by atoms with Gasteiger partial charge in [0.2, 0.25) is 11.8 Å². The summed E-state index contributed by atoms with van der Waals surface area (Å²) in [4.78, 5) is 26.5. The molecule has 0 aromatic rings. The monoisotopic (exact) mass is 355 g/mol. The van der Waals surface area contributed by atoms with Crippen LogP contribution < -0.4 is 10.6 Å². The SMILES string of the molecule is C=CCC(OC)C(C(C)CC)N(C)C(=O)CNC(=O)C(NC)C(C)C. The lowest BCUT2D eigenvalue weighted by atomic mass is 9.91. The van der Waals surface area contributed by atoms with E-state index in [0.29, 0.717) is 6.42 Å². The standard InChI is InChI=1S/C19H37N3O3/c1-9-11-15(25-8)18(14(5)10-2)22(7)16(23)12-21-19(24)17(20-6)13(3)4/h9,13-15,17-18,20H,1,10-12H2,2-8H3,(H,21,24). The van der Waals surface area contributed by atoms with Gasteiger partial charge in [-0.3, -0.25) is 9.59 Å². The first-order chi connectivity index (χ1) is 11.7. The van der Waals surface area contributed by atoms with Crippen LogP contribution in [0.4, 0.5) is 0 Å². The maximum absolute atomic E-state index is 12.6. The Morgan fingerprint density at radius 2 is 1.88 bits per heavy atom. The summed E-state index contributed by atoms with van der Waals surface area (Å²) >= 11 is 0. The number of likely N-dealkylation sites (N-methyl/N-ethyl adjacent to an activating group) is 2. The smallest absolute Gasteiger partial charge is 0.242 e. The summed E-state index contributed by atoms with van der Waals surface area (Å²) in [6, 6.07) is -0.376. The van der Waals surface area contributed by atoms with Gasteiger partial charge in [0.05, 0.1) is 24.7 Å². The van der Waals surface area contributed by atoms with E-state index in [1.807, 2.05) is 19.9 Å². The summed E-state index contributed by atoms with van der Waals surface area (Å²) < 4.78 is 5.60. The van der Waals surface area contributed by atoms with Crippen LogP contribution in [0.25, 0.3) is 0 Å². The fourth-order valence-corrected chi connectivity index (χ4v) is 3.11. The van der Waals surface area contributed by atoms with E-state index < -0.39 is 0 Å². The van der Waals surface area contributed by atoms with Gasteiger partial charge in [-0.1, -0.05) is 40.2 Å². The summed E-state index contributed by atoms with van der Waals surface area (Å²) in [5, 5.41) is 5.72. The molecule has 6 heteroatoms. The van der Waals surface area contributed by atoms with Crippen molar-refractivity contribution in [2.24, 2.45) is 11.8 Å². The minimum Gasteiger partial charge on any atom is -0.379 e. The molecule has 6 nitrogen and oxygen atoms in total. The molecule has 0 saturated heterocycles. The van der Waals surface area contributed by atoms with E-state index in [4.69, 9.17) is 4.74 Å². The lowest BCUT2D eigenvalue weighted by molar-refractivity contribution is -0.138. The molecule has 4 atom stereocenters. The molecule has 0 fully saturated rings. The molecule has 0 aliphatic carbocycles. The Labute approximate surface area is 153 Å². The first-order valence-corrected chi connectivity index (χ1v) is 9.09. The number of ether oxygens (including phenoxy) is 1. The van der Waals surface area contributed by atoms with Crippen molar-refractivity contribution in [1.82, 2.24) is 15.5 Å². The zero-order valence-corrected chi connectivity index (χ0v) is 17.0. The minimum atomic E-state index is -0.309. The van der Waals surface area contributed by atoms with Crippen LogP contribution in [0, 0.1) is 11.8 Å². The fraction of sp³-hybridized carbons (Fsp3) is 0.789. The lowest BCUT2D eigenvalue weighted by Gasteiger charge is -2.37. The maximum Gasteiger partial charge on any atom is 0.242 e. The molecule has 0 spiro atoms. The normalized spacial score (nSPS) is 16.0. The van der Waals surface area contributed by atoms with Crippen LogP contribution in [-0.4, -0.2) is 62.7 Å². The maximum atomic E-state index is 12.6. The molecule has 0 bridgehead atoms. The average molecular weight is 356 g/mol. The molecule has 25 heavy (non-hydrogen) atoms. The number of nitrogens with one attached hydrogen (secondary N) is 2. The van der Waals surface area contributed by atoms with Gasteiger partial charge in [0.15, 0.2) is 0 Å². The first kappa shape index (κ1) is 23.6. The van der Waals surface area contributed by atoms with E-state index in [1.165, 1.54) is 0 Å². The number of rotatable bonds is 12. The highest BCUT2D eigenvalue weighted by molar-refractivity contribution is 5.87. The van der Waals surface area contributed by atoms with E-state index in [0.717, 1.165) is 6.42 Å². The van der Waals surface area contributed by atoms with Gasteiger partial charge >= 0.3 is 0 Å². The summed E-state index contributed by atoms with van der Waals surface area (Å²) in [6.07, 6.45) is 3.30. The van der Waals surface area contributed by atoms with Crippen molar-refractivity contribution >= 4 is 11.8 Å². The van der Waals surface area contributed by atoms with Gasteiger partial charge in [0.25, 0.3) is 0 Å². The van der Waals surface area contributed by atoms with Crippen LogP contribution in [0.5, 0.6) is 0 Å². The molecule has 2 amide bonds. The molecular weight excluding hydrogens is 318 g/mol. The molecule has 0 aromatic heterocycles. The predicted octanol–water partition coefficient (Wildman–Crippen LogP) is 1.81. The third-order valence-corrected chi connectivity index (χ3v) is 4.82. The van der Waals surface area contributed by atoms with Crippen LogP contribution in [0.15, 0.2) is 12.7 Å². The van der Waals surface area contributed by atoms with Gasteiger partial charge in [-0.2, -0.15) is 0 Å². The Kier molecular flexibility index (Phi) is 11.4. The molecule has 0 heterocycles. The molecule has 0 aliphatic heterocycles. The third-order valence-electron chi connectivity index (χ3n) is 4.82. The van der Waals surface area contributed by atoms with Gasteiger partial charge in [0, 0.05) is 14.2 Å².